The van der Waals surface area contributed by atoms with Gasteiger partial charge in [0, 0.05) is 0 Å². The molecule has 0 aliphatic carbocycles. The predicted octanol–water partition coefficient (Wildman–Crippen LogP) is 3.54. The largest absolute Gasteiger partial charge is 0.493 e. The Kier molecular flexibility index (Phi) is 5.71. The molecule has 0 fully saturated rings. The van der Waals surface area contributed by atoms with Crippen molar-refractivity contribution >= 4 is 5.82 Å². The SMILES string of the molecule is Cc1ccccc1OCCCCOc1cccnc1[N+](=O)[O-]. The van der Waals surface area contributed by atoms with Crippen LogP contribution in [0.5, 0.6) is 11.5 Å². The number of nitrogens with zero attached hydrogens (tertiary/aromatic N) is 2. The summed E-state index contributed by atoms with van der Waals surface area (Å²) in [4.78, 5) is 13.9. The summed E-state index contributed by atoms with van der Waals surface area (Å²) in [6.07, 6.45) is 2.93. The number of nitro groups is 1. The van der Waals surface area contributed by atoms with Gasteiger partial charge in [0.15, 0.2) is 0 Å². The van der Waals surface area contributed by atoms with E-state index in [1.54, 1.807) is 12.1 Å². The van der Waals surface area contributed by atoms with E-state index in [1.807, 2.05) is 31.2 Å². The van der Waals surface area contributed by atoms with Crippen molar-refractivity contribution in [1.82, 2.24) is 4.98 Å². The van der Waals surface area contributed by atoms with Crippen LogP contribution in [0, 0.1) is 17.0 Å². The Morgan fingerprint density at radius 2 is 1.68 bits per heavy atom. The van der Waals surface area contributed by atoms with Gasteiger partial charge in [-0.3, -0.25) is 0 Å². The molecule has 0 saturated carbocycles. The van der Waals surface area contributed by atoms with Crippen molar-refractivity contribution in [2.75, 3.05) is 13.2 Å². The average molecular weight is 302 g/mol. The average Bonchev–Trinajstić information content (AvgIpc) is 2.52. The molecule has 0 aliphatic heterocycles. The maximum Gasteiger partial charge on any atom is 0.406 e. The van der Waals surface area contributed by atoms with E-state index < -0.39 is 4.92 Å². The van der Waals surface area contributed by atoms with Crippen molar-refractivity contribution in [3.05, 3.63) is 58.3 Å². The third-order valence-electron chi connectivity index (χ3n) is 3.07. The highest BCUT2D eigenvalue weighted by molar-refractivity contribution is 5.38. The second kappa shape index (κ2) is 7.97. The molecular formula is C16H18N2O4. The van der Waals surface area contributed by atoms with E-state index >= 15 is 0 Å². The number of hydrogen-bond acceptors (Lipinski definition) is 5. The number of pyridine rings is 1. The molecule has 1 heterocycles. The Morgan fingerprint density at radius 3 is 2.36 bits per heavy atom. The van der Waals surface area contributed by atoms with Crippen molar-refractivity contribution < 1.29 is 14.4 Å². The van der Waals surface area contributed by atoms with Gasteiger partial charge in [-0.25, -0.2) is 0 Å². The minimum atomic E-state index is -0.545. The van der Waals surface area contributed by atoms with Crippen LogP contribution in [-0.2, 0) is 0 Å². The predicted molar refractivity (Wildman–Crippen MR) is 82.3 cm³/mol. The van der Waals surface area contributed by atoms with Crippen molar-refractivity contribution in [1.29, 1.82) is 0 Å². The molecule has 0 unspecified atom stereocenters. The second-order valence-corrected chi connectivity index (χ2v) is 4.75. The molecule has 1 aromatic carbocycles. The van der Waals surface area contributed by atoms with Gasteiger partial charge in [0.2, 0.25) is 5.75 Å². The molecule has 1 aromatic heterocycles. The van der Waals surface area contributed by atoms with Crippen LogP contribution in [0.1, 0.15) is 18.4 Å². The molecule has 0 radical (unpaired) electrons. The van der Waals surface area contributed by atoms with Crippen LogP contribution in [-0.4, -0.2) is 23.1 Å². The fourth-order valence-electron chi connectivity index (χ4n) is 1.92. The molecule has 0 saturated heterocycles. The first-order valence-electron chi connectivity index (χ1n) is 7.09. The fourth-order valence-corrected chi connectivity index (χ4v) is 1.92. The van der Waals surface area contributed by atoms with Crippen LogP contribution in [0.2, 0.25) is 0 Å². The van der Waals surface area contributed by atoms with Gasteiger partial charge in [-0.05, 0) is 53.4 Å². The normalized spacial score (nSPS) is 10.2. The minimum Gasteiger partial charge on any atom is -0.493 e. The first-order valence-corrected chi connectivity index (χ1v) is 7.09. The highest BCUT2D eigenvalue weighted by atomic mass is 16.6. The van der Waals surface area contributed by atoms with Gasteiger partial charge in [0.25, 0.3) is 0 Å². The molecule has 0 N–H and O–H groups in total. The van der Waals surface area contributed by atoms with Gasteiger partial charge in [-0.2, -0.15) is 0 Å². The molecule has 0 bridgehead atoms. The minimum absolute atomic E-state index is 0.201. The maximum atomic E-state index is 10.8. The monoisotopic (exact) mass is 302 g/mol. The van der Waals surface area contributed by atoms with Gasteiger partial charge in [-0.1, -0.05) is 18.2 Å². The summed E-state index contributed by atoms with van der Waals surface area (Å²) < 4.78 is 11.1. The standard InChI is InChI=1S/C16H18N2O4/c1-13-7-2-3-8-14(13)21-11-4-5-12-22-15-9-6-10-17-16(15)18(19)20/h2-3,6-10H,4-5,11-12H2,1H3. The number of benzene rings is 1. The molecule has 2 aromatic rings. The van der Waals surface area contributed by atoms with Gasteiger partial charge in [0.05, 0.1) is 13.2 Å². The van der Waals surface area contributed by atoms with Crippen LogP contribution >= 0.6 is 0 Å². The molecule has 22 heavy (non-hydrogen) atoms. The number of aryl methyl sites for hydroxylation is 1. The topological polar surface area (TPSA) is 74.5 Å². The number of hydrogen-bond donors (Lipinski definition) is 0. The molecule has 6 heteroatoms. The summed E-state index contributed by atoms with van der Waals surface area (Å²) in [7, 11) is 0. The number of rotatable bonds is 8. The van der Waals surface area contributed by atoms with Crippen LogP contribution in [0.15, 0.2) is 42.6 Å². The molecular weight excluding hydrogens is 284 g/mol. The third-order valence-corrected chi connectivity index (χ3v) is 3.07. The summed E-state index contributed by atoms with van der Waals surface area (Å²) in [6.45, 7) is 2.98. The lowest BCUT2D eigenvalue weighted by molar-refractivity contribution is -0.390. The van der Waals surface area contributed by atoms with E-state index in [0.717, 1.165) is 24.2 Å². The highest BCUT2D eigenvalue weighted by Gasteiger charge is 2.14. The van der Waals surface area contributed by atoms with Gasteiger partial charge >= 0.3 is 5.82 Å². The quantitative estimate of drug-likeness (QED) is 0.423. The number of unbranched alkanes of at least 4 members (excludes halogenated alkanes) is 1. The number of ether oxygens (including phenoxy) is 2. The zero-order valence-electron chi connectivity index (χ0n) is 12.4. The lowest BCUT2D eigenvalue weighted by Gasteiger charge is -2.09. The van der Waals surface area contributed by atoms with Crippen LogP contribution in [0.4, 0.5) is 5.82 Å². The highest BCUT2D eigenvalue weighted by Crippen LogP contribution is 2.23. The Labute approximate surface area is 128 Å². The molecule has 0 spiro atoms. The Bertz CT molecular complexity index is 631. The van der Waals surface area contributed by atoms with Crippen molar-refractivity contribution in [3.63, 3.8) is 0 Å². The lowest BCUT2D eigenvalue weighted by Crippen LogP contribution is -2.05. The number of aromatic nitrogens is 1. The molecule has 0 amide bonds. The summed E-state index contributed by atoms with van der Waals surface area (Å²) in [6, 6.07) is 11.0. The summed E-state index contributed by atoms with van der Waals surface area (Å²) >= 11 is 0. The van der Waals surface area contributed by atoms with E-state index in [1.165, 1.54) is 6.20 Å². The summed E-state index contributed by atoms with van der Waals surface area (Å²) in [5.74, 6) is 0.831. The van der Waals surface area contributed by atoms with Crippen molar-refractivity contribution in [2.24, 2.45) is 0 Å². The lowest BCUT2D eigenvalue weighted by atomic mass is 10.2. The first kappa shape index (κ1) is 15.8. The maximum absolute atomic E-state index is 10.8. The van der Waals surface area contributed by atoms with Gasteiger partial charge < -0.3 is 19.6 Å². The van der Waals surface area contributed by atoms with E-state index in [9.17, 15) is 10.1 Å². The fraction of sp³-hybridized carbons (Fsp3) is 0.312. The molecule has 6 nitrogen and oxygen atoms in total. The Balaban J connectivity index is 1.70. The Morgan fingerprint density at radius 1 is 1.05 bits per heavy atom. The van der Waals surface area contributed by atoms with Crippen molar-refractivity contribution in [2.45, 2.75) is 19.8 Å². The molecule has 0 atom stereocenters. The summed E-state index contributed by atoms with van der Waals surface area (Å²) in [5.41, 5.74) is 1.10. The molecule has 116 valence electrons. The van der Waals surface area contributed by atoms with E-state index in [-0.39, 0.29) is 11.6 Å². The third kappa shape index (κ3) is 4.44. The van der Waals surface area contributed by atoms with Gasteiger partial charge in [0.1, 0.15) is 11.9 Å². The molecule has 2 rings (SSSR count). The van der Waals surface area contributed by atoms with E-state index in [0.29, 0.717) is 13.2 Å². The van der Waals surface area contributed by atoms with Gasteiger partial charge in [-0.15, -0.1) is 0 Å². The Hall–Kier alpha value is -2.63. The smallest absolute Gasteiger partial charge is 0.406 e. The van der Waals surface area contributed by atoms with Crippen LogP contribution in [0.3, 0.4) is 0 Å². The molecule has 0 aliphatic rings. The van der Waals surface area contributed by atoms with E-state index in [2.05, 4.69) is 4.98 Å². The van der Waals surface area contributed by atoms with Crippen LogP contribution < -0.4 is 9.47 Å². The van der Waals surface area contributed by atoms with E-state index in [4.69, 9.17) is 9.47 Å². The van der Waals surface area contributed by atoms with Crippen molar-refractivity contribution in [3.8, 4) is 11.5 Å². The zero-order valence-corrected chi connectivity index (χ0v) is 12.4. The van der Waals surface area contributed by atoms with Crippen LogP contribution in [0.25, 0.3) is 0 Å². The summed E-state index contributed by atoms with van der Waals surface area (Å²) in [5, 5.41) is 10.8. The second-order valence-electron chi connectivity index (χ2n) is 4.75. The first-order chi connectivity index (χ1) is 10.7. The number of para-hydroxylation sites is 1. The zero-order chi connectivity index (χ0) is 15.8.